The fourth-order valence-corrected chi connectivity index (χ4v) is 2.96. The van der Waals surface area contributed by atoms with E-state index in [1.807, 2.05) is 0 Å². The molecule has 0 aromatic heterocycles. The Bertz CT molecular complexity index is 809. The van der Waals surface area contributed by atoms with Gasteiger partial charge in [-0.3, -0.25) is 14.4 Å². The summed E-state index contributed by atoms with van der Waals surface area (Å²) < 4.78 is 12.9. The van der Waals surface area contributed by atoms with Crippen LogP contribution in [0, 0.1) is 5.82 Å². The molecule has 142 valence electrons. The zero-order valence-corrected chi connectivity index (χ0v) is 15.4. The quantitative estimate of drug-likeness (QED) is 0.597. The van der Waals surface area contributed by atoms with Gasteiger partial charge in [0, 0.05) is 22.7 Å². The van der Waals surface area contributed by atoms with Gasteiger partial charge in [-0.1, -0.05) is 0 Å². The summed E-state index contributed by atoms with van der Waals surface area (Å²) in [4.78, 5) is 35.1. The molecule has 0 bridgehead atoms. The van der Waals surface area contributed by atoms with Crippen LogP contribution in [-0.2, 0) is 14.4 Å². The number of benzene rings is 2. The van der Waals surface area contributed by atoms with E-state index in [0.29, 0.717) is 11.4 Å². The summed E-state index contributed by atoms with van der Waals surface area (Å²) in [7, 11) is 0. The Morgan fingerprint density at radius 2 is 1.52 bits per heavy atom. The van der Waals surface area contributed by atoms with Gasteiger partial charge in [-0.2, -0.15) is 0 Å². The average molecular weight is 390 g/mol. The largest absolute Gasteiger partial charge is 0.481 e. The van der Waals surface area contributed by atoms with Gasteiger partial charge in [0.2, 0.25) is 11.8 Å². The number of amides is 2. The number of nitrogens with one attached hydrogen (secondary N) is 2. The molecule has 0 aliphatic carbocycles. The second-order valence-corrected chi connectivity index (χ2v) is 7.14. The second kappa shape index (κ2) is 9.72. The number of halogens is 1. The maximum Gasteiger partial charge on any atom is 0.303 e. The molecule has 27 heavy (non-hydrogen) atoms. The third kappa shape index (κ3) is 7.10. The van der Waals surface area contributed by atoms with E-state index in [2.05, 4.69) is 10.6 Å². The van der Waals surface area contributed by atoms with Gasteiger partial charge in [-0.25, -0.2) is 4.39 Å². The number of carbonyl (C=O) groups is 3. The average Bonchev–Trinajstić information content (AvgIpc) is 2.63. The van der Waals surface area contributed by atoms with Crippen LogP contribution in [0.3, 0.4) is 0 Å². The molecular weight excluding hydrogens is 371 g/mol. The molecule has 2 rings (SSSR count). The standard InChI is InChI=1S/C19H19FN2O4S/c1-12(19(26)22-15-4-2-13(20)3-5-15)27-16-8-6-14(7-9-16)21-17(23)10-11-18(24)25/h2-9,12H,10-11H2,1H3,(H,21,23)(H,22,26)(H,24,25). The number of hydrogen-bond acceptors (Lipinski definition) is 4. The van der Waals surface area contributed by atoms with Crippen molar-refractivity contribution in [2.75, 3.05) is 10.6 Å². The van der Waals surface area contributed by atoms with Gasteiger partial charge >= 0.3 is 5.97 Å². The minimum Gasteiger partial charge on any atom is -0.481 e. The highest BCUT2D eigenvalue weighted by atomic mass is 32.2. The number of rotatable bonds is 8. The lowest BCUT2D eigenvalue weighted by molar-refractivity contribution is -0.138. The van der Waals surface area contributed by atoms with E-state index in [4.69, 9.17) is 5.11 Å². The Balaban J connectivity index is 1.85. The first kappa shape index (κ1) is 20.4. The minimum atomic E-state index is -1.02. The van der Waals surface area contributed by atoms with E-state index >= 15 is 0 Å². The predicted molar refractivity (Wildman–Crippen MR) is 102 cm³/mol. The van der Waals surface area contributed by atoms with Crippen molar-refractivity contribution in [3.8, 4) is 0 Å². The molecule has 0 aliphatic rings. The van der Waals surface area contributed by atoms with E-state index < -0.39 is 5.97 Å². The maximum absolute atomic E-state index is 12.9. The molecule has 0 spiro atoms. The molecule has 8 heteroatoms. The summed E-state index contributed by atoms with van der Waals surface area (Å²) in [5.41, 5.74) is 1.08. The fourth-order valence-electron chi connectivity index (χ4n) is 2.10. The second-order valence-electron chi connectivity index (χ2n) is 5.72. The van der Waals surface area contributed by atoms with E-state index in [1.54, 1.807) is 31.2 Å². The van der Waals surface area contributed by atoms with Gasteiger partial charge in [0.1, 0.15) is 5.82 Å². The zero-order valence-electron chi connectivity index (χ0n) is 14.6. The third-order valence-corrected chi connectivity index (χ3v) is 4.61. The van der Waals surface area contributed by atoms with Crippen LogP contribution in [0.5, 0.6) is 0 Å². The monoisotopic (exact) mass is 390 g/mol. The summed E-state index contributed by atoms with van der Waals surface area (Å²) in [6.45, 7) is 1.76. The van der Waals surface area contributed by atoms with Gasteiger partial charge in [0.15, 0.2) is 0 Å². The molecule has 2 amide bonds. The van der Waals surface area contributed by atoms with Crippen molar-refractivity contribution >= 4 is 40.9 Å². The van der Waals surface area contributed by atoms with Crippen molar-refractivity contribution in [1.29, 1.82) is 0 Å². The molecule has 0 radical (unpaired) electrons. The van der Waals surface area contributed by atoms with Crippen molar-refractivity contribution in [3.05, 3.63) is 54.3 Å². The number of carboxylic acids is 1. The molecule has 0 fully saturated rings. The lowest BCUT2D eigenvalue weighted by Crippen LogP contribution is -2.22. The summed E-state index contributed by atoms with van der Waals surface area (Å²) in [6, 6.07) is 12.4. The first-order valence-electron chi connectivity index (χ1n) is 8.18. The minimum absolute atomic E-state index is 0.0908. The van der Waals surface area contributed by atoms with Gasteiger partial charge in [0.25, 0.3) is 0 Å². The Kier molecular flexibility index (Phi) is 7.36. The molecule has 2 aromatic rings. The summed E-state index contributed by atoms with van der Waals surface area (Å²) in [5.74, 6) is -1.97. The number of thioether (sulfide) groups is 1. The zero-order chi connectivity index (χ0) is 19.8. The van der Waals surface area contributed by atoms with Crippen molar-refractivity contribution < 1.29 is 23.9 Å². The van der Waals surface area contributed by atoms with E-state index in [9.17, 15) is 18.8 Å². The van der Waals surface area contributed by atoms with Crippen LogP contribution in [0.4, 0.5) is 15.8 Å². The van der Waals surface area contributed by atoms with Crippen LogP contribution in [-0.4, -0.2) is 28.1 Å². The van der Waals surface area contributed by atoms with E-state index in [-0.39, 0.29) is 35.7 Å². The predicted octanol–water partition coefficient (Wildman–Crippen LogP) is 3.75. The highest BCUT2D eigenvalue weighted by molar-refractivity contribution is 8.00. The lowest BCUT2D eigenvalue weighted by Gasteiger charge is -2.12. The highest BCUT2D eigenvalue weighted by Crippen LogP contribution is 2.25. The number of anilines is 2. The Labute approximate surface area is 160 Å². The van der Waals surface area contributed by atoms with Crippen molar-refractivity contribution in [3.63, 3.8) is 0 Å². The van der Waals surface area contributed by atoms with Crippen LogP contribution >= 0.6 is 11.8 Å². The van der Waals surface area contributed by atoms with E-state index in [0.717, 1.165) is 4.90 Å². The molecule has 0 heterocycles. The SMILES string of the molecule is CC(Sc1ccc(NC(=O)CCC(=O)O)cc1)C(=O)Nc1ccc(F)cc1. The number of carbonyl (C=O) groups excluding carboxylic acids is 2. The summed E-state index contributed by atoms with van der Waals surface area (Å²) >= 11 is 1.34. The smallest absolute Gasteiger partial charge is 0.303 e. The molecule has 1 unspecified atom stereocenters. The van der Waals surface area contributed by atoms with Gasteiger partial charge in [-0.05, 0) is 55.5 Å². The Hall–Kier alpha value is -2.87. The number of carboxylic acid groups (broad SMARTS) is 1. The molecule has 2 aromatic carbocycles. The molecule has 6 nitrogen and oxygen atoms in total. The first-order chi connectivity index (χ1) is 12.8. The van der Waals surface area contributed by atoms with Crippen LogP contribution in [0.1, 0.15) is 19.8 Å². The molecule has 0 saturated carbocycles. The molecule has 0 saturated heterocycles. The normalized spacial score (nSPS) is 11.5. The van der Waals surface area contributed by atoms with Crippen LogP contribution < -0.4 is 10.6 Å². The van der Waals surface area contributed by atoms with Gasteiger partial charge in [-0.15, -0.1) is 11.8 Å². The van der Waals surface area contributed by atoms with Crippen LogP contribution in [0.15, 0.2) is 53.4 Å². The highest BCUT2D eigenvalue weighted by Gasteiger charge is 2.15. The molecular formula is C19H19FN2O4S. The van der Waals surface area contributed by atoms with Crippen LogP contribution in [0.25, 0.3) is 0 Å². The topological polar surface area (TPSA) is 95.5 Å². The first-order valence-corrected chi connectivity index (χ1v) is 9.06. The fraction of sp³-hybridized carbons (Fsp3) is 0.211. The van der Waals surface area contributed by atoms with Gasteiger partial charge < -0.3 is 15.7 Å². The molecule has 1 atom stereocenters. The number of hydrogen-bond donors (Lipinski definition) is 3. The Morgan fingerprint density at radius 1 is 0.963 bits per heavy atom. The maximum atomic E-state index is 12.9. The van der Waals surface area contributed by atoms with Crippen molar-refractivity contribution in [2.24, 2.45) is 0 Å². The van der Waals surface area contributed by atoms with E-state index in [1.165, 1.54) is 36.0 Å². The van der Waals surface area contributed by atoms with Crippen LogP contribution in [0.2, 0.25) is 0 Å². The van der Waals surface area contributed by atoms with Crippen molar-refractivity contribution in [1.82, 2.24) is 0 Å². The number of aliphatic carboxylic acids is 1. The van der Waals surface area contributed by atoms with Gasteiger partial charge in [0.05, 0.1) is 11.7 Å². The Morgan fingerprint density at radius 3 is 2.11 bits per heavy atom. The summed E-state index contributed by atoms with van der Waals surface area (Å²) in [6.07, 6.45) is -0.313. The third-order valence-electron chi connectivity index (χ3n) is 3.50. The molecule has 3 N–H and O–H groups in total. The van der Waals surface area contributed by atoms with Crippen molar-refractivity contribution in [2.45, 2.75) is 29.9 Å². The molecule has 0 aliphatic heterocycles. The lowest BCUT2D eigenvalue weighted by atomic mass is 10.2. The summed E-state index contributed by atoms with van der Waals surface area (Å²) in [5, 5.41) is 13.5.